The maximum atomic E-state index is 13.7. The Balaban J connectivity index is 0.950. The zero-order valence-corrected chi connectivity index (χ0v) is 31.8. The summed E-state index contributed by atoms with van der Waals surface area (Å²) >= 11 is 13.9. The molecule has 2 aromatic heterocycles. The monoisotopic (exact) mass is 758 g/mol. The average Bonchev–Trinajstić information content (AvgIpc) is 3.89. The molecule has 2 aliphatic carbocycles. The number of carboxylic acids is 1. The summed E-state index contributed by atoms with van der Waals surface area (Å²) in [5.74, 6) is -0.724. The molecule has 3 N–H and O–H groups in total. The lowest BCUT2D eigenvalue weighted by atomic mass is 9.80. The zero-order chi connectivity index (χ0) is 37.2. The maximum absolute atomic E-state index is 13.7. The van der Waals surface area contributed by atoms with Gasteiger partial charge in [0.15, 0.2) is 11.6 Å². The number of carboxylic acid groups (broad SMARTS) is 1. The fourth-order valence-corrected chi connectivity index (χ4v) is 9.77. The third kappa shape index (κ3) is 6.33. The Morgan fingerprint density at radius 1 is 0.774 bits per heavy atom. The number of anilines is 2. The number of carbonyl (C=O) groups excluding carboxylic acids is 2. The number of likely N-dealkylation sites (N-methyl/N-ethyl adjacent to an activating group) is 1. The van der Waals surface area contributed by atoms with Crippen molar-refractivity contribution in [3.63, 3.8) is 0 Å². The molecule has 2 saturated carbocycles. The molecule has 0 radical (unpaired) electrons. The number of carbonyl (C=O) groups is 3. The number of aromatic nitrogens is 4. The summed E-state index contributed by atoms with van der Waals surface area (Å²) in [4.78, 5) is 53.0. The molecule has 278 valence electrons. The van der Waals surface area contributed by atoms with E-state index in [1.807, 2.05) is 42.4 Å². The van der Waals surface area contributed by atoms with Crippen molar-refractivity contribution in [1.82, 2.24) is 28.9 Å². The molecule has 4 aliphatic rings. The van der Waals surface area contributed by atoms with E-state index in [-0.39, 0.29) is 17.2 Å². The Kier molecular flexibility index (Phi) is 9.16. The van der Waals surface area contributed by atoms with Gasteiger partial charge in [-0.3, -0.25) is 19.3 Å². The van der Waals surface area contributed by atoms with Gasteiger partial charge in [0.2, 0.25) is 0 Å². The predicted molar refractivity (Wildman–Crippen MR) is 203 cm³/mol. The summed E-state index contributed by atoms with van der Waals surface area (Å²) in [5, 5.41) is 16.3. The second-order valence-electron chi connectivity index (χ2n) is 15.5. The van der Waals surface area contributed by atoms with E-state index in [4.69, 9.17) is 28.2 Å². The number of amides is 2. The van der Waals surface area contributed by atoms with E-state index in [0.717, 1.165) is 93.8 Å². The summed E-state index contributed by atoms with van der Waals surface area (Å²) in [6.45, 7) is 4.01. The molecule has 0 saturated heterocycles. The van der Waals surface area contributed by atoms with Crippen LogP contribution in [0.4, 0.5) is 11.4 Å². The van der Waals surface area contributed by atoms with Gasteiger partial charge in [0, 0.05) is 75.6 Å². The molecular formula is C39H44Cl2N8O4. The molecule has 8 rings (SSSR count). The molecular weight excluding hydrogens is 715 g/mol. The van der Waals surface area contributed by atoms with Gasteiger partial charge >= 0.3 is 5.97 Å². The van der Waals surface area contributed by atoms with Crippen molar-refractivity contribution < 1.29 is 19.5 Å². The van der Waals surface area contributed by atoms with E-state index < -0.39 is 11.4 Å². The van der Waals surface area contributed by atoms with Crippen LogP contribution >= 0.6 is 23.2 Å². The Labute approximate surface area is 318 Å². The fraction of sp³-hybridized carbons (Fsp3) is 0.462. The third-order valence-corrected chi connectivity index (χ3v) is 13.2. The number of nitrogens with one attached hydrogen (secondary N) is 2. The van der Waals surface area contributed by atoms with E-state index in [0.29, 0.717) is 57.3 Å². The first kappa shape index (κ1) is 35.8. The zero-order valence-electron chi connectivity index (χ0n) is 30.3. The molecule has 53 heavy (non-hydrogen) atoms. The van der Waals surface area contributed by atoms with Gasteiger partial charge in [0.1, 0.15) is 0 Å². The first-order chi connectivity index (χ1) is 25.4. The minimum Gasteiger partial charge on any atom is -0.481 e. The average molecular weight is 760 g/mol. The molecule has 14 heteroatoms. The van der Waals surface area contributed by atoms with Crippen LogP contribution in [0.5, 0.6) is 0 Å². The number of hydrogen-bond donors (Lipinski definition) is 3. The highest BCUT2D eigenvalue weighted by Gasteiger charge is 2.57. The topological polar surface area (TPSA) is 138 Å². The second kappa shape index (κ2) is 13.6. The third-order valence-electron chi connectivity index (χ3n) is 12.4. The molecule has 2 amide bonds. The van der Waals surface area contributed by atoms with E-state index in [1.165, 1.54) is 0 Å². The molecule has 0 unspecified atom stereocenters. The first-order valence-corrected chi connectivity index (χ1v) is 19.1. The predicted octanol–water partition coefficient (Wildman–Crippen LogP) is 6.40. The van der Waals surface area contributed by atoms with E-state index in [1.54, 1.807) is 24.3 Å². The van der Waals surface area contributed by atoms with Crippen molar-refractivity contribution in [2.75, 3.05) is 37.3 Å². The second-order valence-corrected chi connectivity index (χ2v) is 16.3. The van der Waals surface area contributed by atoms with Crippen LogP contribution in [0.2, 0.25) is 10.0 Å². The van der Waals surface area contributed by atoms with Gasteiger partial charge in [-0.2, -0.15) is 0 Å². The van der Waals surface area contributed by atoms with Gasteiger partial charge in [-0.25, -0.2) is 9.97 Å². The standard InChI is InChI=1S/C39H44Cl2N8O4/c1-46-17-10-29-27(20-46)42-33(47(29)2)35(50)44-25-8-4-6-23(31(25)40)24-7-5-9-26(32(24)41)45-36(51)34-43-28-21-49(18-11-30(28)48(34)3)19-16-38-12-14-39(22-38,15-13-38)37(52)53/h4-9H,10-22H2,1-3H3,(H,44,50)(H,45,51)(H,52,53). The van der Waals surface area contributed by atoms with E-state index in [2.05, 4.69) is 25.4 Å². The molecule has 12 nitrogen and oxygen atoms in total. The van der Waals surface area contributed by atoms with Crippen LogP contribution in [0.3, 0.4) is 0 Å². The highest BCUT2D eigenvalue weighted by Crippen LogP contribution is 2.63. The summed E-state index contributed by atoms with van der Waals surface area (Å²) in [6, 6.07) is 10.7. The number of benzene rings is 2. The SMILES string of the molecule is CN1CCc2c(nc(C(=O)Nc3cccc(-c4cccc(NC(=O)c5nc6c(n5C)CCN(CCC57CCC(C(=O)O)(CC5)C7)C6)c4Cl)c3Cl)n2C)C1. The van der Waals surface area contributed by atoms with Gasteiger partial charge in [-0.15, -0.1) is 0 Å². The van der Waals surface area contributed by atoms with Crippen LogP contribution in [-0.2, 0) is 44.8 Å². The van der Waals surface area contributed by atoms with Gasteiger partial charge in [-0.1, -0.05) is 47.5 Å². The van der Waals surface area contributed by atoms with Crippen molar-refractivity contribution in [2.45, 2.75) is 64.5 Å². The molecule has 0 atom stereocenters. The largest absolute Gasteiger partial charge is 0.481 e. The smallest absolute Gasteiger partial charge is 0.309 e. The van der Waals surface area contributed by atoms with Crippen molar-refractivity contribution in [3.05, 3.63) is 80.9 Å². The normalized spacial score (nSPS) is 22.4. The molecule has 0 spiro atoms. The highest BCUT2D eigenvalue weighted by atomic mass is 35.5. The van der Waals surface area contributed by atoms with Crippen LogP contribution in [0.1, 0.15) is 82.5 Å². The van der Waals surface area contributed by atoms with Gasteiger partial charge in [0.05, 0.1) is 38.2 Å². The molecule has 4 aromatic rings. The van der Waals surface area contributed by atoms with Crippen LogP contribution < -0.4 is 10.6 Å². The summed E-state index contributed by atoms with van der Waals surface area (Å²) in [5.41, 5.74) is 5.56. The van der Waals surface area contributed by atoms with Crippen molar-refractivity contribution in [2.24, 2.45) is 24.9 Å². The van der Waals surface area contributed by atoms with Gasteiger partial charge in [0.25, 0.3) is 11.8 Å². The fourth-order valence-electron chi connectivity index (χ4n) is 9.22. The Morgan fingerprint density at radius 3 is 1.83 bits per heavy atom. The Morgan fingerprint density at radius 2 is 1.30 bits per heavy atom. The summed E-state index contributed by atoms with van der Waals surface area (Å²) in [6.07, 6.45) is 6.97. The number of nitrogens with zero attached hydrogens (tertiary/aromatic N) is 6. The quantitative estimate of drug-likeness (QED) is 0.178. The van der Waals surface area contributed by atoms with E-state index >= 15 is 0 Å². The van der Waals surface area contributed by atoms with Gasteiger partial charge < -0.3 is 29.8 Å². The molecule has 2 aromatic carbocycles. The van der Waals surface area contributed by atoms with Crippen LogP contribution in [0.25, 0.3) is 11.1 Å². The lowest BCUT2D eigenvalue weighted by Crippen LogP contribution is -2.34. The van der Waals surface area contributed by atoms with Crippen molar-refractivity contribution in [3.8, 4) is 11.1 Å². The van der Waals surface area contributed by atoms with Crippen LogP contribution in [0.15, 0.2) is 36.4 Å². The molecule has 2 aliphatic heterocycles. The Hall–Kier alpha value is -4.23. The number of fused-ring (bicyclic) bond motifs is 4. The summed E-state index contributed by atoms with van der Waals surface area (Å²) < 4.78 is 3.72. The number of hydrogen-bond acceptors (Lipinski definition) is 7. The highest BCUT2D eigenvalue weighted by molar-refractivity contribution is 6.40. The van der Waals surface area contributed by atoms with Crippen LogP contribution in [0, 0.1) is 10.8 Å². The first-order valence-electron chi connectivity index (χ1n) is 18.3. The van der Waals surface area contributed by atoms with Crippen molar-refractivity contribution >= 4 is 52.4 Å². The molecule has 4 heterocycles. The number of halogens is 2. The molecule has 2 bridgehead atoms. The van der Waals surface area contributed by atoms with E-state index in [9.17, 15) is 19.5 Å². The number of aliphatic carboxylic acids is 1. The van der Waals surface area contributed by atoms with Gasteiger partial charge in [-0.05, 0) is 69.7 Å². The summed E-state index contributed by atoms with van der Waals surface area (Å²) in [7, 11) is 5.77. The minimum atomic E-state index is -0.627. The lowest BCUT2D eigenvalue weighted by Gasteiger charge is -2.32. The number of rotatable bonds is 9. The minimum absolute atomic E-state index is 0.137. The lowest BCUT2D eigenvalue weighted by molar-refractivity contribution is -0.148. The van der Waals surface area contributed by atoms with Crippen molar-refractivity contribution in [1.29, 1.82) is 0 Å². The number of imidazole rings is 2. The van der Waals surface area contributed by atoms with Crippen LogP contribution in [-0.4, -0.2) is 78.5 Å². The maximum Gasteiger partial charge on any atom is 0.309 e. The Bertz CT molecular complexity index is 2150. The molecule has 2 fully saturated rings.